The zero-order valence-electron chi connectivity index (χ0n) is 18.1. The summed E-state index contributed by atoms with van der Waals surface area (Å²) >= 11 is 1.37. The van der Waals surface area contributed by atoms with E-state index in [1.165, 1.54) is 18.4 Å². The van der Waals surface area contributed by atoms with E-state index in [0.717, 1.165) is 27.3 Å². The summed E-state index contributed by atoms with van der Waals surface area (Å²) in [6, 6.07) is 12.2. The van der Waals surface area contributed by atoms with Crippen LogP contribution in [-0.2, 0) is 19.8 Å². The van der Waals surface area contributed by atoms with Crippen LogP contribution in [0.3, 0.4) is 0 Å². The zero-order chi connectivity index (χ0) is 25.3. The zero-order valence-corrected chi connectivity index (χ0v) is 18.9. The number of carbonyl (C=O) groups is 1. The van der Waals surface area contributed by atoms with E-state index in [1.54, 1.807) is 5.38 Å². The molecule has 0 aliphatic heterocycles. The number of thiazole rings is 1. The van der Waals surface area contributed by atoms with Gasteiger partial charge in [-0.05, 0) is 24.3 Å². The van der Waals surface area contributed by atoms with Crippen molar-refractivity contribution in [3.05, 3.63) is 93.0 Å². The Bertz CT molecular complexity index is 1460. The van der Waals surface area contributed by atoms with Crippen molar-refractivity contribution in [3.63, 3.8) is 0 Å². The molecule has 2 heterocycles. The van der Waals surface area contributed by atoms with E-state index >= 15 is 0 Å². The Morgan fingerprint density at radius 2 is 1.83 bits per heavy atom. The Kier molecular flexibility index (Phi) is 6.44. The molecule has 11 heteroatoms. The molecule has 35 heavy (non-hydrogen) atoms. The summed E-state index contributed by atoms with van der Waals surface area (Å²) in [5.41, 5.74) is -1.76. The van der Waals surface area contributed by atoms with Crippen molar-refractivity contribution in [1.29, 1.82) is 0 Å². The standard InChI is InChI=1S/C24H17F4N3O3S/c1-31-19(14-7-15(24(26,27)28)9-16(25)8-14)10-18(20(32)23(31)34)21(33)29-11-17-12-35-22(30-17)13-5-3-2-4-6-13/h2-10,12,32H,11H2,1H3,(H,29,33). The third-order valence-electron chi connectivity index (χ3n) is 5.17. The topological polar surface area (TPSA) is 84.2 Å². The molecule has 1 amide bonds. The van der Waals surface area contributed by atoms with Gasteiger partial charge in [0.15, 0.2) is 5.75 Å². The molecule has 0 bridgehead atoms. The molecule has 0 saturated carbocycles. The van der Waals surface area contributed by atoms with Gasteiger partial charge in [-0.1, -0.05) is 30.3 Å². The highest BCUT2D eigenvalue weighted by molar-refractivity contribution is 7.13. The Balaban J connectivity index is 1.63. The van der Waals surface area contributed by atoms with E-state index in [0.29, 0.717) is 17.8 Å². The molecule has 2 aromatic heterocycles. The van der Waals surface area contributed by atoms with Gasteiger partial charge in [-0.2, -0.15) is 13.2 Å². The summed E-state index contributed by atoms with van der Waals surface area (Å²) in [4.78, 5) is 29.7. The van der Waals surface area contributed by atoms with Gasteiger partial charge in [-0.25, -0.2) is 9.37 Å². The first-order valence-corrected chi connectivity index (χ1v) is 11.0. The maximum Gasteiger partial charge on any atom is 0.416 e. The minimum Gasteiger partial charge on any atom is -0.502 e. The van der Waals surface area contributed by atoms with E-state index in [9.17, 15) is 32.3 Å². The molecular weight excluding hydrogens is 486 g/mol. The van der Waals surface area contributed by atoms with Crippen molar-refractivity contribution in [3.8, 4) is 27.6 Å². The summed E-state index contributed by atoms with van der Waals surface area (Å²) in [6.45, 7) is -0.0235. The highest BCUT2D eigenvalue weighted by atomic mass is 32.1. The van der Waals surface area contributed by atoms with Gasteiger partial charge in [0.05, 0.1) is 29.1 Å². The van der Waals surface area contributed by atoms with Crippen molar-refractivity contribution in [2.24, 2.45) is 7.05 Å². The summed E-state index contributed by atoms with van der Waals surface area (Å²) in [5.74, 6) is -2.90. The predicted molar refractivity (Wildman–Crippen MR) is 122 cm³/mol. The SMILES string of the molecule is Cn1c(-c2cc(F)cc(C(F)(F)F)c2)cc(C(=O)NCc2csc(-c3ccccc3)n2)c(O)c1=O. The van der Waals surface area contributed by atoms with Gasteiger partial charge in [0.1, 0.15) is 10.8 Å². The Labute approximate surface area is 200 Å². The Hall–Kier alpha value is -3.99. The fraction of sp³-hybridized carbons (Fsp3) is 0.125. The minimum absolute atomic E-state index is 0.0235. The van der Waals surface area contributed by atoms with Crippen LogP contribution < -0.4 is 10.9 Å². The van der Waals surface area contributed by atoms with E-state index in [1.807, 2.05) is 30.3 Å². The first-order chi connectivity index (χ1) is 16.5. The van der Waals surface area contributed by atoms with Crippen molar-refractivity contribution in [2.75, 3.05) is 0 Å². The van der Waals surface area contributed by atoms with Crippen molar-refractivity contribution in [2.45, 2.75) is 12.7 Å². The smallest absolute Gasteiger partial charge is 0.416 e. The Morgan fingerprint density at radius 1 is 1.11 bits per heavy atom. The lowest BCUT2D eigenvalue weighted by molar-refractivity contribution is -0.137. The van der Waals surface area contributed by atoms with Crippen LogP contribution in [0.15, 0.2) is 64.8 Å². The normalized spacial score (nSPS) is 11.5. The second kappa shape index (κ2) is 9.34. The number of halogens is 4. The number of amides is 1. The number of nitrogens with zero attached hydrogens (tertiary/aromatic N) is 2. The highest BCUT2D eigenvalue weighted by Gasteiger charge is 2.32. The molecule has 2 N–H and O–H groups in total. The molecule has 180 valence electrons. The fourth-order valence-electron chi connectivity index (χ4n) is 3.40. The van der Waals surface area contributed by atoms with Crippen LogP contribution in [0.25, 0.3) is 21.8 Å². The Morgan fingerprint density at radius 3 is 2.51 bits per heavy atom. The molecule has 0 spiro atoms. The van der Waals surface area contributed by atoms with Crippen LogP contribution in [0.1, 0.15) is 21.6 Å². The van der Waals surface area contributed by atoms with Crippen LogP contribution >= 0.6 is 11.3 Å². The molecule has 0 radical (unpaired) electrons. The van der Waals surface area contributed by atoms with Gasteiger partial charge in [0.25, 0.3) is 11.5 Å². The van der Waals surface area contributed by atoms with Crippen molar-refractivity contribution in [1.82, 2.24) is 14.9 Å². The lowest BCUT2D eigenvalue weighted by atomic mass is 10.0. The van der Waals surface area contributed by atoms with Gasteiger partial charge < -0.3 is 15.0 Å². The average molecular weight is 503 g/mol. The predicted octanol–water partition coefficient (Wildman–Crippen LogP) is 4.97. The van der Waals surface area contributed by atoms with Crippen LogP contribution in [-0.4, -0.2) is 20.6 Å². The van der Waals surface area contributed by atoms with Gasteiger partial charge in [-0.3, -0.25) is 9.59 Å². The van der Waals surface area contributed by atoms with Crippen LogP contribution in [0.2, 0.25) is 0 Å². The fourth-order valence-corrected chi connectivity index (χ4v) is 4.23. The molecule has 0 aliphatic carbocycles. The minimum atomic E-state index is -4.82. The van der Waals surface area contributed by atoms with Crippen LogP contribution in [0.5, 0.6) is 5.75 Å². The number of hydrogen-bond donors (Lipinski definition) is 2. The first-order valence-electron chi connectivity index (χ1n) is 10.1. The molecule has 0 unspecified atom stereocenters. The number of benzene rings is 2. The first kappa shape index (κ1) is 24.1. The largest absolute Gasteiger partial charge is 0.502 e. The number of rotatable bonds is 5. The molecule has 0 fully saturated rings. The molecule has 0 aliphatic rings. The van der Waals surface area contributed by atoms with Crippen molar-refractivity contribution < 1.29 is 27.5 Å². The molecule has 4 aromatic rings. The number of pyridine rings is 1. The van der Waals surface area contributed by atoms with Gasteiger partial charge in [0, 0.05) is 23.6 Å². The van der Waals surface area contributed by atoms with E-state index in [2.05, 4.69) is 10.3 Å². The maximum absolute atomic E-state index is 13.9. The number of aromatic hydroxyl groups is 1. The van der Waals surface area contributed by atoms with Crippen molar-refractivity contribution >= 4 is 17.2 Å². The summed E-state index contributed by atoms with van der Waals surface area (Å²) in [5, 5.41) is 15.3. The van der Waals surface area contributed by atoms with Crippen LogP contribution in [0, 0.1) is 5.82 Å². The third-order valence-corrected chi connectivity index (χ3v) is 6.11. The molecule has 6 nitrogen and oxygen atoms in total. The molecule has 0 saturated heterocycles. The summed E-state index contributed by atoms with van der Waals surface area (Å²) in [7, 11) is 1.19. The van der Waals surface area contributed by atoms with Gasteiger partial charge in [0.2, 0.25) is 0 Å². The lowest BCUT2D eigenvalue weighted by Gasteiger charge is -2.14. The molecule has 4 rings (SSSR count). The van der Waals surface area contributed by atoms with E-state index < -0.39 is 40.3 Å². The highest BCUT2D eigenvalue weighted by Crippen LogP contribution is 2.33. The second-order valence-electron chi connectivity index (χ2n) is 7.58. The quantitative estimate of drug-likeness (QED) is 0.377. The molecule has 0 atom stereocenters. The number of nitrogens with one attached hydrogen (secondary N) is 1. The third kappa shape index (κ3) is 5.09. The number of carbonyl (C=O) groups excluding carboxylic acids is 1. The number of hydrogen-bond acceptors (Lipinski definition) is 5. The number of alkyl halides is 3. The van der Waals surface area contributed by atoms with E-state index in [-0.39, 0.29) is 17.8 Å². The average Bonchev–Trinajstić information content (AvgIpc) is 3.30. The second-order valence-corrected chi connectivity index (χ2v) is 8.43. The summed E-state index contributed by atoms with van der Waals surface area (Å²) in [6.07, 6.45) is -4.82. The van der Waals surface area contributed by atoms with E-state index in [4.69, 9.17) is 0 Å². The monoisotopic (exact) mass is 503 g/mol. The van der Waals surface area contributed by atoms with Gasteiger partial charge in [-0.15, -0.1) is 11.3 Å². The maximum atomic E-state index is 13.9. The molecular formula is C24H17F4N3O3S. The lowest BCUT2D eigenvalue weighted by Crippen LogP contribution is -2.27. The molecule has 2 aromatic carbocycles. The van der Waals surface area contributed by atoms with Crippen LogP contribution in [0.4, 0.5) is 17.6 Å². The number of aromatic nitrogens is 2. The van der Waals surface area contributed by atoms with Gasteiger partial charge >= 0.3 is 6.18 Å². The summed E-state index contributed by atoms with van der Waals surface area (Å²) < 4.78 is 54.2.